The first-order valence-electron chi connectivity index (χ1n) is 5.23. The molecule has 1 nitrogen and oxygen atoms in total. The van der Waals surface area contributed by atoms with E-state index in [0.29, 0.717) is 0 Å². The number of halogens is 3. The third-order valence-corrected chi connectivity index (χ3v) is 2.63. The van der Waals surface area contributed by atoms with Crippen LogP contribution < -0.4 is 5.32 Å². The Kier molecular flexibility index (Phi) is 4.35. The summed E-state index contributed by atoms with van der Waals surface area (Å²) in [6.45, 7) is 1.91. The van der Waals surface area contributed by atoms with Gasteiger partial charge in [0.1, 0.15) is 0 Å². The Morgan fingerprint density at radius 1 is 1.25 bits per heavy atom. The van der Waals surface area contributed by atoms with Gasteiger partial charge in [0.25, 0.3) is 0 Å². The van der Waals surface area contributed by atoms with Gasteiger partial charge in [-0.25, -0.2) is 0 Å². The van der Waals surface area contributed by atoms with E-state index in [-0.39, 0.29) is 12.5 Å². The van der Waals surface area contributed by atoms with Crippen molar-refractivity contribution in [3.8, 4) is 0 Å². The second-order valence-electron chi connectivity index (χ2n) is 3.85. The third-order valence-electron chi connectivity index (χ3n) is 2.63. The molecule has 0 saturated heterocycles. The molecule has 1 atom stereocenters. The monoisotopic (exact) mass is 231 g/mol. The largest absolute Gasteiger partial charge is 0.389 e. The lowest BCUT2D eigenvalue weighted by Crippen LogP contribution is -2.20. The molecule has 0 fully saturated rings. The molecule has 0 aliphatic rings. The Labute approximate surface area is 93.7 Å². The molecule has 16 heavy (non-hydrogen) atoms. The minimum Gasteiger partial charge on any atom is -0.313 e. The molecule has 0 amide bonds. The number of alkyl halides is 3. The van der Waals surface area contributed by atoms with Crippen LogP contribution in [-0.2, 0) is 0 Å². The van der Waals surface area contributed by atoms with Crippen molar-refractivity contribution >= 4 is 0 Å². The van der Waals surface area contributed by atoms with Gasteiger partial charge in [-0.15, -0.1) is 0 Å². The zero-order valence-electron chi connectivity index (χ0n) is 9.43. The minimum absolute atomic E-state index is 0.0743. The van der Waals surface area contributed by atoms with E-state index in [1.165, 1.54) is 0 Å². The Morgan fingerprint density at radius 3 is 2.38 bits per heavy atom. The summed E-state index contributed by atoms with van der Waals surface area (Å²) in [7, 11) is 1.69. The van der Waals surface area contributed by atoms with Crippen molar-refractivity contribution in [2.24, 2.45) is 0 Å². The van der Waals surface area contributed by atoms with Crippen LogP contribution in [0.15, 0.2) is 24.3 Å². The van der Waals surface area contributed by atoms with Crippen molar-refractivity contribution in [3.63, 3.8) is 0 Å². The fourth-order valence-corrected chi connectivity index (χ4v) is 1.74. The van der Waals surface area contributed by atoms with Crippen LogP contribution in [0.5, 0.6) is 0 Å². The normalized spacial score (nSPS) is 13.8. The molecular weight excluding hydrogens is 215 g/mol. The van der Waals surface area contributed by atoms with Crippen molar-refractivity contribution in [1.29, 1.82) is 0 Å². The van der Waals surface area contributed by atoms with E-state index in [0.717, 1.165) is 11.1 Å². The average Bonchev–Trinajstić information content (AvgIpc) is 2.20. The van der Waals surface area contributed by atoms with Crippen molar-refractivity contribution in [3.05, 3.63) is 35.4 Å². The summed E-state index contributed by atoms with van der Waals surface area (Å²) in [6, 6.07) is 7.28. The Hall–Kier alpha value is -1.03. The van der Waals surface area contributed by atoms with Gasteiger partial charge in [-0.3, -0.25) is 0 Å². The molecule has 0 bridgehead atoms. The summed E-state index contributed by atoms with van der Waals surface area (Å²) in [4.78, 5) is 0. The van der Waals surface area contributed by atoms with Gasteiger partial charge in [-0.2, -0.15) is 13.2 Å². The Bertz CT molecular complexity index is 333. The minimum atomic E-state index is -4.09. The highest BCUT2D eigenvalue weighted by molar-refractivity contribution is 5.28. The van der Waals surface area contributed by atoms with Crippen LogP contribution in [0.3, 0.4) is 0 Å². The van der Waals surface area contributed by atoms with Crippen LogP contribution in [0, 0.1) is 6.92 Å². The van der Waals surface area contributed by atoms with Crippen molar-refractivity contribution < 1.29 is 13.2 Å². The van der Waals surface area contributed by atoms with Crippen LogP contribution in [0.2, 0.25) is 0 Å². The lowest BCUT2D eigenvalue weighted by atomic mass is 9.97. The van der Waals surface area contributed by atoms with E-state index in [2.05, 4.69) is 5.32 Å². The number of rotatable bonds is 4. The first kappa shape index (κ1) is 13.0. The van der Waals surface area contributed by atoms with E-state index in [9.17, 15) is 13.2 Å². The second kappa shape index (κ2) is 5.34. The fraction of sp³-hybridized carbons (Fsp3) is 0.500. The lowest BCUT2D eigenvalue weighted by molar-refractivity contribution is -0.136. The maximum absolute atomic E-state index is 12.1. The number of hydrogen-bond acceptors (Lipinski definition) is 1. The topological polar surface area (TPSA) is 12.0 Å². The van der Waals surface area contributed by atoms with E-state index in [4.69, 9.17) is 0 Å². The van der Waals surface area contributed by atoms with Gasteiger partial charge < -0.3 is 5.32 Å². The van der Waals surface area contributed by atoms with E-state index in [1.54, 1.807) is 7.05 Å². The van der Waals surface area contributed by atoms with E-state index in [1.807, 2.05) is 31.2 Å². The summed E-state index contributed by atoms with van der Waals surface area (Å²) in [6.07, 6.45) is -4.77. The first-order chi connectivity index (χ1) is 7.44. The Balaban J connectivity index is 2.72. The van der Waals surface area contributed by atoms with Gasteiger partial charge in [-0.05, 0) is 31.5 Å². The van der Waals surface area contributed by atoms with Crippen molar-refractivity contribution in [2.45, 2.75) is 32.0 Å². The first-order valence-corrected chi connectivity index (χ1v) is 5.23. The van der Waals surface area contributed by atoms with E-state index >= 15 is 0 Å². The molecule has 90 valence electrons. The highest BCUT2D eigenvalue weighted by Gasteiger charge is 2.28. The van der Waals surface area contributed by atoms with Crippen molar-refractivity contribution in [2.75, 3.05) is 7.05 Å². The van der Waals surface area contributed by atoms with Crippen LogP contribution in [0.1, 0.15) is 30.0 Å². The SMILES string of the molecule is CNC(CCC(F)(F)F)c1ccccc1C. The predicted octanol–water partition coefficient (Wildman–Crippen LogP) is 3.60. The number of benzene rings is 1. The van der Waals surface area contributed by atoms with Gasteiger partial charge in [0.05, 0.1) is 0 Å². The summed E-state index contributed by atoms with van der Waals surface area (Å²) >= 11 is 0. The molecule has 1 rings (SSSR count). The molecule has 0 saturated carbocycles. The number of aryl methyl sites for hydroxylation is 1. The smallest absolute Gasteiger partial charge is 0.313 e. The van der Waals surface area contributed by atoms with Crippen LogP contribution >= 0.6 is 0 Å². The molecule has 0 radical (unpaired) electrons. The van der Waals surface area contributed by atoms with E-state index < -0.39 is 12.6 Å². The third kappa shape index (κ3) is 3.85. The zero-order chi connectivity index (χ0) is 12.2. The summed E-state index contributed by atoms with van der Waals surface area (Å²) < 4.78 is 36.4. The molecule has 0 aliphatic heterocycles. The number of hydrogen-bond donors (Lipinski definition) is 1. The highest BCUT2D eigenvalue weighted by atomic mass is 19.4. The molecule has 1 unspecified atom stereocenters. The Morgan fingerprint density at radius 2 is 1.88 bits per heavy atom. The zero-order valence-corrected chi connectivity index (χ0v) is 9.43. The molecular formula is C12H16F3N. The number of nitrogens with one attached hydrogen (secondary N) is 1. The molecule has 0 aliphatic carbocycles. The van der Waals surface area contributed by atoms with Gasteiger partial charge in [-0.1, -0.05) is 24.3 Å². The molecule has 0 aromatic heterocycles. The van der Waals surface area contributed by atoms with Crippen LogP contribution in [0.4, 0.5) is 13.2 Å². The quantitative estimate of drug-likeness (QED) is 0.834. The van der Waals surface area contributed by atoms with Gasteiger partial charge in [0.15, 0.2) is 0 Å². The second-order valence-corrected chi connectivity index (χ2v) is 3.85. The lowest BCUT2D eigenvalue weighted by Gasteiger charge is -2.19. The standard InChI is InChI=1S/C12H16F3N/c1-9-5-3-4-6-10(9)11(16-2)7-8-12(13,14)15/h3-6,11,16H,7-8H2,1-2H3. The fourth-order valence-electron chi connectivity index (χ4n) is 1.74. The molecule has 4 heteroatoms. The average molecular weight is 231 g/mol. The van der Waals surface area contributed by atoms with Crippen molar-refractivity contribution in [1.82, 2.24) is 5.32 Å². The molecule has 1 aromatic carbocycles. The maximum atomic E-state index is 12.1. The van der Waals surface area contributed by atoms with Crippen LogP contribution in [-0.4, -0.2) is 13.2 Å². The predicted molar refractivity (Wildman–Crippen MR) is 58.3 cm³/mol. The molecule has 0 spiro atoms. The van der Waals surface area contributed by atoms with Gasteiger partial charge in [0.2, 0.25) is 0 Å². The maximum Gasteiger partial charge on any atom is 0.389 e. The summed E-state index contributed by atoms with van der Waals surface area (Å²) in [5, 5.41) is 2.93. The summed E-state index contributed by atoms with van der Waals surface area (Å²) in [5.41, 5.74) is 1.96. The molecule has 1 N–H and O–H groups in total. The molecule has 0 heterocycles. The molecule has 1 aromatic rings. The van der Waals surface area contributed by atoms with Gasteiger partial charge >= 0.3 is 6.18 Å². The van der Waals surface area contributed by atoms with Crippen LogP contribution in [0.25, 0.3) is 0 Å². The summed E-state index contributed by atoms with van der Waals surface area (Å²) in [5.74, 6) is 0. The highest BCUT2D eigenvalue weighted by Crippen LogP contribution is 2.28. The van der Waals surface area contributed by atoms with Gasteiger partial charge in [0, 0.05) is 12.5 Å².